The smallest absolute Gasteiger partial charge is 0.306 e. The second kappa shape index (κ2) is 9.40. The summed E-state index contributed by atoms with van der Waals surface area (Å²) >= 11 is 0. The van der Waals surface area contributed by atoms with Crippen molar-refractivity contribution >= 4 is 5.69 Å². The van der Waals surface area contributed by atoms with Crippen molar-refractivity contribution in [2.24, 2.45) is 0 Å². The number of ether oxygens (including phenoxy) is 1. The number of hydrogen-bond donors (Lipinski definition) is 2. The maximum atomic E-state index is 10.5. The molecule has 2 N–H and O–H groups in total. The topological polar surface area (TPSA) is 102 Å². The van der Waals surface area contributed by atoms with Gasteiger partial charge in [0.25, 0.3) is 0 Å². The molecular weight excluding hydrogens is 264 g/mol. The molecule has 0 aromatic carbocycles. The van der Waals surface area contributed by atoms with Crippen molar-refractivity contribution in [3.63, 3.8) is 0 Å². The molecular formula is C12H22N4O4. The molecule has 0 saturated heterocycles. The van der Waals surface area contributed by atoms with Gasteiger partial charge in [-0.3, -0.25) is 14.8 Å². The molecule has 0 aliphatic carbocycles. The second-order valence-corrected chi connectivity index (χ2v) is 4.50. The summed E-state index contributed by atoms with van der Waals surface area (Å²) in [6, 6.07) is 0. The molecule has 1 aromatic rings. The fourth-order valence-electron chi connectivity index (χ4n) is 1.64. The highest BCUT2D eigenvalue weighted by atomic mass is 16.6. The fraction of sp³-hybridized carbons (Fsp3) is 0.750. The van der Waals surface area contributed by atoms with Crippen LogP contribution in [-0.2, 0) is 11.3 Å². The average molecular weight is 286 g/mol. The fourth-order valence-corrected chi connectivity index (χ4v) is 1.64. The van der Waals surface area contributed by atoms with E-state index in [2.05, 4.69) is 17.3 Å². The molecule has 1 heterocycles. The van der Waals surface area contributed by atoms with E-state index in [1.807, 2.05) is 0 Å². The Labute approximate surface area is 117 Å². The molecule has 0 amide bonds. The van der Waals surface area contributed by atoms with Crippen molar-refractivity contribution in [1.82, 2.24) is 15.1 Å². The Morgan fingerprint density at radius 3 is 3.05 bits per heavy atom. The lowest BCUT2D eigenvalue weighted by molar-refractivity contribution is -0.385. The van der Waals surface area contributed by atoms with E-state index in [1.54, 1.807) is 0 Å². The predicted molar refractivity (Wildman–Crippen MR) is 73.5 cm³/mol. The normalized spacial score (nSPS) is 12.5. The first-order valence-corrected chi connectivity index (χ1v) is 6.76. The Morgan fingerprint density at radius 2 is 2.40 bits per heavy atom. The Morgan fingerprint density at radius 1 is 1.60 bits per heavy atom. The van der Waals surface area contributed by atoms with E-state index in [0.29, 0.717) is 13.2 Å². The van der Waals surface area contributed by atoms with E-state index >= 15 is 0 Å². The first kappa shape index (κ1) is 16.5. The highest BCUT2D eigenvalue weighted by Gasteiger charge is 2.11. The SMILES string of the molecule is CCCOCCCNCC(O)Cn1cc([N+](=O)[O-])cn1. The van der Waals surface area contributed by atoms with Gasteiger partial charge < -0.3 is 15.2 Å². The predicted octanol–water partition coefficient (Wildman–Crippen LogP) is 0.558. The van der Waals surface area contributed by atoms with Crippen LogP contribution in [0.25, 0.3) is 0 Å². The van der Waals surface area contributed by atoms with Gasteiger partial charge >= 0.3 is 5.69 Å². The van der Waals surface area contributed by atoms with Crippen LogP contribution in [0.2, 0.25) is 0 Å². The molecule has 0 aliphatic rings. The number of nitro groups is 1. The molecule has 8 nitrogen and oxygen atoms in total. The van der Waals surface area contributed by atoms with Crippen LogP contribution >= 0.6 is 0 Å². The summed E-state index contributed by atoms with van der Waals surface area (Å²) in [5.74, 6) is 0. The molecule has 0 spiro atoms. The lowest BCUT2D eigenvalue weighted by Crippen LogP contribution is -2.31. The largest absolute Gasteiger partial charge is 0.390 e. The summed E-state index contributed by atoms with van der Waals surface area (Å²) < 4.78 is 6.70. The minimum Gasteiger partial charge on any atom is -0.390 e. The Hall–Kier alpha value is -1.51. The number of aromatic nitrogens is 2. The van der Waals surface area contributed by atoms with Crippen molar-refractivity contribution in [1.29, 1.82) is 0 Å². The number of nitrogens with one attached hydrogen (secondary N) is 1. The molecule has 0 aliphatic heterocycles. The number of aliphatic hydroxyl groups is 1. The van der Waals surface area contributed by atoms with Crippen molar-refractivity contribution in [3.05, 3.63) is 22.5 Å². The number of nitrogens with zero attached hydrogens (tertiary/aromatic N) is 3. The number of rotatable bonds is 11. The van der Waals surface area contributed by atoms with Gasteiger partial charge in [-0.05, 0) is 19.4 Å². The van der Waals surface area contributed by atoms with E-state index in [9.17, 15) is 15.2 Å². The lowest BCUT2D eigenvalue weighted by Gasteiger charge is -2.11. The molecule has 20 heavy (non-hydrogen) atoms. The lowest BCUT2D eigenvalue weighted by atomic mass is 10.3. The van der Waals surface area contributed by atoms with Gasteiger partial charge in [-0.1, -0.05) is 6.92 Å². The zero-order chi connectivity index (χ0) is 14.8. The van der Waals surface area contributed by atoms with E-state index in [-0.39, 0.29) is 12.2 Å². The first-order valence-electron chi connectivity index (χ1n) is 6.76. The van der Waals surface area contributed by atoms with Crippen LogP contribution in [0.1, 0.15) is 19.8 Å². The van der Waals surface area contributed by atoms with Crippen LogP contribution < -0.4 is 5.32 Å². The standard InChI is InChI=1S/C12H22N4O4/c1-2-5-20-6-3-4-13-8-12(17)10-15-9-11(7-14-15)16(18)19/h7,9,12-13,17H,2-6,8,10H2,1H3. The summed E-state index contributed by atoms with van der Waals surface area (Å²) in [5, 5.41) is 27.2. The molecule has 1 unspecified atom stereocenters. The van der Waals surface area contributed by atoms with Crippen LogP contribution in [0, 0.1) is 10.1 Å². The van der Waals surface area contributed by atoms with Gasteiger partial charge in [0.15, 0.2) is 0 Å². The van der Waals surface area contributed by atoms with Gasteiger partial charge in [0.2, 0.25) is 0 Å². The summed E-state index contributed by atoms with van der Waals surface area (Å²) in [5.41, 5.74) is -0.0711. The van der Waals surface area contributed by atoms with Gasteiger partial charge in [0, 0.05) is 19.8 Å². The Bertz CT molecular complexity index is 397. The average Bonchev–Trinajstić information content (AvgIpc) is 2.86. The minimum absolute atomic E-state index is 0.0711. The molecule has 0 bridgehead atoms. The number of hydrogen-bond acceptors (Lipinski definition) is 6. The highest BCUT2D eigenvalue weighted by Crippen LogP contribution is 2.07. The van der Waals surface area contributed by atoms with Gasteiger partial charge in [-0.15, -0.1) is 0 Å². The summed E-state index contributed by atoms with van der Waals surface area (Å²) in [6.07, 6.45) is 3.75. The van der Waals surface area contributed by atoms with E-state index < -0.39 is 11.0 Å². The molecule has 0 saturated carbocycles. The zero-order valence-corrected chi connectivity index (χ0v) is 11.7. The Balaban J connectivity index is 2.10. The van der Waals surface area contributed by atoms with Crippen LogP contribution in [0.4, 0.5) is 5.69 Å². The van der Waals surface area contributed by atoms with Gasteiger partial charge in [0.1, 0.15) is 12.4 Å². The molecule has 114 valence electrons. The number of aliphatic hydroxyl groups excluding tert-OH is 1. The summed E-state index contributed by atoms with van der Waals surface area (Å²) in [6.45, 7) is 4.96. The van der Waals surface area contributed by atoms with E-state index in [0.717, 1.165) is 26.0 Å². The zero-order valence-electron chi connectivity index (χ0n) is 11.7. The maximum absolute atomic E-state index is 10.5. The van der Waals surface area contributed by atoms with Crippen LogP contribution in [0.15, 0.2) is 12.4 Å². The third kappa shape index (κ3) is 6.60. The van der Waals surface area contributed by atoms with E-state index in [1.165, 1.54) is 17.1 Å². The van der Waals surface area contributed by atoms with Gasteiger partial charge in [-0.25, -0.2) is 0 Å². The van der Waals surface area contributed by atoms with Crippen LogP contribution in [-0.4, -0.2) is 52.2 Å². The van der Waals surface area contributed by atoms with Crippen molar-refractivity contribution in [2.75, 3.05) is 26.3 Å². The van der Waals surface area contributed by atoms with Crippen LogP contribution in [0.3, 0.4) is 0 Å². The third-order valence-electron chi connectivity index (χ3n) is 2.60. The summed E-state index contributed by atoms with van der Waals surface area (Å²) in [7, 11) is 0. The quantitative estimate of drug-likeness (QED) is 0.350. The molecule has 0 radical (unpaired) electrons. The minimum atomic E-state index is -0.633. The van der Waals surface area contributed by atoms with Crippen molar-refractivity contribution < 1.29 is 14.8 Å². The second-order valence-electron chi connectivity index (χ2n) is 4.50. The maximum Gasteiger partial charge on any atom is 0.306 e. The van der Waals surface area contributed by atoms with Crippen molar-refractivity contribution in [3.8, 4) is 0 Å². The van der Waals surface area contributed by atoms with Crippen molar-refractivity contribution in [2.45, 2.75) is 32.4 Å². The van der Waals surface area contributed by atoms with E-state index in [4.69, 9.17) is 4.74 Å². The Kier molecular flexibility index (Phi) is 7.78. The molecule has 1 atom stereocenters. The van der Waals surface area contributed by atoms with Gasteiger partial charge in [-0.2, -0.15) is 5.10 Å². The molecule has 1 aromatic heterocycles. The molecule has 8 heteroatoms. The molecule has 1 rings (SSSR count). The first-order chi connectivity index (χ1) is 9.63. The highest BCUT2D eigenvalue weighted by molar-refractivity contribution is 5.20. The van der Waals surface area contributed by atoms with Crippen LogP contribution in [0.5, 0.6) is 0 Å². The monoisotopic (exact) mass is 286 g/mol. The summed E-state index contributed by atoms with van der Waals surface area (Å²) in [4.78, 5) is 9.98. The molecule has 0 fully saturated rings. The third-order valence-corrected chi connectivity index (χ3v) is 2.60. The van der Waals surface area contributed by atoms with Gasteiger partial charge in [0.05, 0.1) is 17.6 Å².